The minimum absolute atomic E-state index is 0. The first-order valence-electron chi connectivity index (χ1n) is 11.7. The summed E-state index contributed by atoms with van der Waals surface area (Å²) in [7, 11) is 0. The van der Waals surface area contributed by atoms with Crippen molar-refractivity contribution in [3.8, 4) is 22.4 Å². The van der Waals surface area contributed by atoms with Crippen molar-refractivity contribution in [2.75, 3.05) is 0 Å². The number of pyridine rings is 1. The third-order valence-electron chi connectivity index (χ3n) is 5.49. The molecule has 1 heterocycles. The maximum absolute atomic E-state index is 11.5. The largest absolute Gasteiger partial charge is 0.512 e. The van der Waals surface area contributed by atoms with Gasteiger partial charge in [-0.15, -0.1) is 35.9 Å². The second-order valence-corrected chi connectivity index (χ2v) is 10.8. The first-order chi connectivity index (χ1) is 15.7. The zero-order chi connectivity index (χ0) is 25.7. The van der Waals surface area contributed by atoms with Crippen molar-refractivity contribution in [3.05, 3.63) is 89.3 Å². The number of allylic oxidation sites excluding steroid dienone is 2. The van der Waals surface area contributed by atoms with Crippen molar-refractivity contribution < 1.29 is 31.0 Å². The van der Waals surface area contributed by atoms with Crippen LogP contribution in [0.25, 0.3) is 22.4 Å². The Morgan fingerprint density at radius 2 is 1.51 bits per heavy atom. The fraction of sp³-hybridized carbons (Fsp3) is 0.355. The van der Waals surface area contributed by atoms with Crippen molar-refractivity contribution in [1.29, 1.82) is 0 Å². The van der Waals surface area contributed by atoms with Crippen LogP contribution < -0.4 is 0 Å². The van der Waals surface area contributed by atoms with E-state index in [1.165, 1.54) is 33.9 Å². The molecule has 190 valence electrons. The molecule has 0 bridgehead atoms. The van der Waals surface area contributed by atoms with Gasteiger partial charge in [-0.2, -0.15) is 0 Å². The van der Waals surface area contributed by atoms with Gasteiger partial charge in [-0.05, 0) is 54.8 Å². The molecule has 3 nitrogen and oxygen atoms in total. The van der Waals surface area contributed by atoms with Crippen LogP contribution in [0.1, 0.15) is 58.2 Å². The number of aryl methyl sites for hydroxylation is 3. The quantitative estimate of drug-likeness (QED) is 0.176. The van der Waals surface area contributed by atoms with Crippen molar-refractivity contribution in [2.45, 2.75) is 62.3 Å². The number of carbonyl (C=O) groups excluding carboxylic acids is 1. The average molecular weight is 652 g/mol. The number of nitrogens with zero attached hydrogens (tertiary/aromatic N) is 1. The maximum Gasteiger partial charge on any atom is 0.164 e. The molecule has 0 fully saturated rings. The van der Waals surface area contributed by atoms with Crippen LogP contribution in [-0.4, -0.2) is 15.9 Å². The fourth-order valence-corrected chi connectivity index (χ4v) is 3.52. The Kier molecular flexibility index (Phi) is 10.9. The number of ketones is 1. The van der Waals surface area contributed by atoms with Gasteiger partial charge in [0, 0.05) is 44.2 Å². The van der Waals surface area contributed by atoms with Gasteiger partial charge in [-0.3, -0.25) is 4.79 Å². The summed E-state index contributed by atoms with van der Waals surface area (Å²) in [5.41, 5.74) is 7.59. The summed E-state index contributed by atoms with van der Waals surface area (Å²) in [4.78, 5) is 16.1. The molecule has 0 aliphatic heterocycles. The Morgan fingerprint density at radius 3 is 2.00 bits per heavy atom. The molecule has 0 amide bonds. The van der Waals surface area contributed by atoms with E-state index in [-0.39, 0.29) is 38.0 Å². The van der Waals surface area contributed by atoms with Gasteiger partial charge in [0.25, 0.3) is 0 Å². The van der Waals surface area contributed by atoms with Gasteiger partial charge < -0.3 is 10.1 Å². The number of rotatable bonds is 3. The van der Waals surface area contributed by atoms with Gasteiger partial charge in [0.15, 0.2) is 5.78 Å². The van der Waals surface area contributed by atoms with Gasteiger partial charge in [-0.1, -0.05) is 65.3 Å². The van der Waals surface area contributed by atoms with Gasteiger partial charge in [0.05, 0.1) is 0 Å². The summed E-state index contributed by atoms with van der Waals surface area (Å²) in [5.74, 6) is 0.104. The summed E-state index contributed by atoms with van der Waals surface area (Å²) in [5, 5.41) is 9.56. The topological polar surface area (TPSA) is 50.2 Å². The zero-order valence-electron chi connectivity index (χ0n) is 22.4. The van der Waals surface area contributed by atoms with Gasteiger partial charge in [0.1, 0.15) is 5.76 Å². The van der Waals surface area contributed by atoms with E-state index in [9.17, 15) is 9.90 Å². The monoisotopic (exact) mass is 651 g/mol. The number of hydrogen-bond donors (Lipinski definition) is 1. The molecule has 1 aromatic heterocycles. The molecular weight excluding hydrogens is 613 g/mol. The second-order valence-electron chi connectivity index (χ2n) is 10.8. The van der Waals surface area contributed by atoms with E-state index >= 15 is 0 Å². The van der Waals surface area contributed by atoms with Crippen LogP contribution in [-0.2, 0) is 25.9 Å². The standard InChI is InChI=1S/C20H18N.C11H20O2.Pt/c1-14-12-15(2)19(16(3)13-14)18-10-7-11-21-20(18)17-8-5-4-6-9-17;1-10(2,3)8(12)7-9(13)11(4,5)6;/h4-8,10-13H,1-3H3;7,12H,1-6H3;/q-1;;. The Bertz CT molecular complexity index is 1140. The van der Waals surface area contributed by atoms with E-state index in [0.717, 1.165) is 11.3 Å². The predicted octanol–water partition coefficient (Wildman–Crippen LogP) is 8.23. The summed E-state index contributed by atoms with van der Waals surface area (Å²) in [6.45, 7) is 17.6. The van der Waals surface area contributed by atoms with Crippen molar-refractivity contribution in [3.63, 3.8) is 0 Å². The molecular formula is C31H38NO2Pt-. The van der Waals surface area contributed by atoms with E-state index in [1.807, 2.05) is 72.0 Å². The van der Waals surface area contributed by atoms with Crippen LogP contribution in [0, 0.1) is 37.7 Å². The van der Waals surface area contributed by atoms with Crippen LogP contribution in [0.3, 0.4) is 0 Å². The van der Waals surface area contributed by atoms with Crippen LogP contribution in [0.2, 0.25) is 0 Å². The Labute approximate surface area is 226 Å². The summed E-state index contributed by atoms with van der Waals surface area (Å²) < 4.78 is 0. The first-order valence-corrected chi connectivity index (χ1v) is 11.7. The fourth-order valence-electron chi connectivity index (χ4n) is 3.52. The van der Waals surface area contributed by atoms with Crippen LogP contribution in [0.15, 0.2) is 66.6 Å². The maximum atomic E-state index is 11.5. The van der Waals surface area contributed by atoms with E-state index in [2.05, 4.69) is 56.1 Å². The van der Waals surface area contributed by atoms with E-state index in [0.29, 0.717) is 0 Å². The Balaban J connectivity index is 0.000000383. The number of aliphatic hydroxyl groups is 1. The smallest absolute Gasteiger partial charge is 0.164 e. The summed E-state index contributed by atoms with van der Waals surface area (Å²) in [6, 6.07) is 19.9. The number of aromatic nitrogens is 1. The molecule has 0 saturated heterocycles. The molecule has 0 atom stereocenters. The molecule has 2 aromatic carbocycles. The Hall–Kier alpha value is -2.51. The molecule has 3 rings (SSSR count). The predicted molar refractivity (Wildman–Crippen MR) is 143 cm³/mol. The normalized spacial score (nSPS) is 11.7. The van der Waals surface area contributed by atoms with Crippen molar-refractivity contribution in [2.24, 2.45) is 10.8 Å². The van der Waals surface area contributed by atoms with Crippen LogP contribution in [0.4, 0.5) is 0 Å². The molecule has 0 radical (unpaired) electrons. The van der Waals surface area contributed by atoms with Crippen molar-refractivity contribution >= 4 is 5.78 Å². The molecule has 0 unspecified atom stereocenters. The van der Waals surface area contributed by atoms with E-state index in [4.69, 9.17) is 0 Å². The minimum Gasteiger partial charge on any atom is -0.512 e. The molecule has 3 aromatic rings. The Morgan fingerprint density at radius 1 is 0.914 bits per heavy atom. The van der Waals surface area contributed by atoms with Crippen molar-refractivity contribution in [1.82, 2.24) is 4.98 Å². The molecule has 35 heavy (non-hydrogen) atoms. The molecule has 0 spiro atoms. The van der Waals surface area contributed by atoms with Crippen LogP contribution in [0.5, 0.6) is 0 Å². The average Bonchev–Trinajstić information content (AvgIpc) is 2.73. The molecule has 0 saturated carbocycles. The second kappa shape index (κ2) is 12.4. The summed E-state index contributed by atoms with van der Waals surface area (Å²) in [6.07, 6.45) is 3.18. The molecule has 4 heteroatoms. The van der Waals surface area contributed by atoms with E-state index < -0.39 is 5.41 Å². The minimum atomic E-state index is -0.417. The number of carbonyl (C=O) groups is 1. The molecule has 1 N–H and O–H groups in total. The zero-order valence-corrected chi connectivity index (χ0v) is 24.7. The number of hydrogen-bond acceptors (Lipinski definition) is 3. The molecule has 0 aliphatic rings. The summed E-state index contributed by atoms with van der Waals surface area (Å²) >= 11 is 0. The van der Waals surface area contributed by atoms with Crippen LogP contribution >= 0.6 is 0 Å². The third kappa shape index (κ3) is 8.58. The van der Waals surface area contributed by atoms with Gasteiger partial charge in [0.2, 0.25) is 0 Å². The third-order valence-corrected chi connectivity index (χ3v) is 5.49. The number of benzene rings is 2. The SMILES string of the molecule is CC(C)(C)C(=O)C=C(O)C(C)(C)C.Cc1cc(C)c(-c2cccnc2-c2[c-]cccc2)c(C)c1.[Pt]. The van der Waals surface area contributed by atoms with E-state index in [1.54, 1.807) is 0 Å². The first kappa shape index (κ1) is 30.5. The number of aliphatic hydroxyl groups excluding tert-OH is 1. The molecule has 0 aliphatic carbocycles. The van der Waals surface area contributed by atoms with Gasteiger partial charge in [-0.25, -0.2) is 0 Å². The van der Waals surface area contributed by atoms with Gasteiger partial charge >= 0.3 is 0 Å².